The molecule has 5 rings (SSSR count). The third-order valence-electron chi connectivity index (χ3n) is 5.98. The maximum atomic E-state index is 11.3. The van der Waals surface area contributed by atoms with Crippen LogP contribution >= 0.6 is 11.6 Å². The van der Waals surface area contributed by atoms with E-state index in [0.717, 1.165) is 48.2 Å². The molecule has 0 atom stereocenters. The second kappa shape index (κ2) is 7.55. The van der Waals surface area contributed by atoms with Gasteiger partial charge in [-0.05, 0) is 43.7 Å². The van der Waals surface area contributed by atoms with Crippen LogP contribution < -0.4 is 9.62 Å². The average molecular weight is 449 g/mol. The minimum Gasteiger partial charge on any atom is -0.370 e. The van der Waals surface area contributed by atoms with Gasteiger partial charge in [0, 0.05) is 25.0 Å². The summed E-state index contributed by atoms with van der Waals surface area (Å²) < 4.78 is 29.3. The normalized spacial score (nSPS) is 18.4. The average Bonchev–Trinajstić information content (AvgIpc) is 3.30. The molecule has 2 aromatic heterocycles. The number of anilines is 1. The van der Waals surface area contributed by atoms with E-state index in [4.69, 9.17) is 11.6 Å². The van der Waals surface area contributed by atoms with Gasteiger partial charge in [0.1, 0.15) is 5.69 Å². The van der Waals surface area contributed by atoms with E-state index in [2.05, 4.69) is 32.1 Å². The molecule has 3 aromatic rings. The second-order valence-corrected chi connectivity index (χ2v) is 10.6. The Morgan fingerprint density at radius 2 is 1.90 bits per heavy atom. The molecule has 0 unspecified atom stereocenters. The van der Waals surface area contributed by atoms with E-state index in [0.29, 0.717) is 23.5 Å². The highest BCUT2D eigenvalue weighted by molar-refractivity contribution is 7.88. The SMILES string of the molecule is CS(=O)(=O)NCC1CCN(c2cc3c(cnn3-c3cnn(C4CC4)c3)cc2Cl)CC1. The van der Waals surface area contributed by atoms with Crippen LogP contribution in [0.5, 0.6) is 0 Å². The van der Waals surface area contributed by atoms with E-state index in [1.807, 2.05) is 27.8 Å². The van der Waals surface area contributed by atoms with E-state index >= 15 is 0 Å². The molecule has 10 heteroatoms. The van der Waals surface area contributed by atoms with Crippen LogP contribution in [0.25, 0.3) is 16.6 Å². The second-order valence-electron chi connectivity index (χ2n) is 8.38. The first-order chi connectivity index (χ1) is 14.4. The third kappa shape index (κ3) is 4.06. The van der Waals surface area contributed by atoms with Crippen molar-refractivity contribution in [2.24, 2.45) is 5.92 Å². The van der Waals surface area contributed by atoms with Crippen molar-refractivity contribution in [3.8, 4) is 5.69 Å². The molecule has 1 aliphatic carbocycles. The molecule has 0 spiro atoms. The van der Waals surface area contributed by atoms with Crippen molar-refractivity contribution in [2.45, 2.75) is 31.7 Å². The molecule has 1 saturated heterocycles. The standard InChI is InChI=1S/C20H25ClN6O2S/c1-30(28,29)24-10-14-4-6-25(7-5-14)20-9-19-15(8-18(20)21)11-23-27(19)17-12-22-26(13-17)16-2-3-16/h8-9,11-14,16,24H,2-7,10H2,1H3. The maximum Gasteiger partial charge on any atom is 0.208 e. The summed E-state index contributed by atoms with van der Waals surface area (Å²) in [5.41, 5.74) is 2.95. The van der Waals surface area contributed by atoms with E-state index in [9.17, 15) is 8.42 Å². The lowest BCUT2D eigenvalue weighted by Gasteiger charge is -2.34. The highest BCUT2D eigenvalue weighted by atomic mass is 35.5. The van der Waals surface area contributed by atoms with Gasteiger partial charge in [0.25, 0.3) is 0 Å². The third-order valence-corrected chi connectivity index (χ3v) is 6.97. The highest BCUT2D eigenvalue weighted by Gasteiger charge is 2.25. The molecule has 0 radical (unpaired) electrons. The lowest BCUT2D eigenvalue weighted by molar-refractivity contribution is 0.402. The molecule has 2 aliphatic rings. The molecule has 1 saturated carbocycles. The molecule has 160 valence electrons. The fraction of sp³-hybridized carbons (Fsp3) is 0.500. The van der Waals surface area contributed by atoms with Crippen LogP contribution in [-0.2, 0) is 10.0 Å². The molecule has 0 amide bonds. The summed E-state index contributed by atoms with van der Waals surface area (Å²) >= 11 is 6.62. The van der Waals surface area contributed by atoms with Crippen LogP contribution in [0.4, 0.5) is 5.69 Å². The predicted octanol–water partition coefficient (Wildman–Crippen LogP) is 2.98. The van der Waals surface area contributed by atoms with Gasteiger partial charge in [0.15, 0.2) is 0 Å². The maximum absolute atomic E-state index is 11.3. The van der Waals surface area contributed by atoms with E-state index in [-0.39, 0.29) is 0 Å². The fourth-order valence-electron chi connectivity index (χ4n) is 4.11. The highest BCUT2D eigenvalue weighted by Crippen LogP contribution is 2.36. The molecule has 2 fully saturated rings. The van der Waals surface area contributed by atoms with Crippen LogP contribution in [0.3, 0.4) is 0 Å². The van der Waals surface area contributed by atoms with Gasteiger partial charge < -0.3 is 4.90 Å². The van der Waals surface area contributed by atoms with Gasteiger partial charge in [0.2, 0.25) is 10.0 Å². The van der Waals surface area contributed by atoms with Crippen molar-refractivity contribution in [3.05, 3.63) is 35.7 Å². The molecule has 1 aromatic carbocycles. The number of aromatic nitrogens is 4. The summed E-state index contributed by atoms with van der Waals surface area (Å²) in [7, 11) is -3.15. The summed E-state index contributed by atoms with van der Waals surface area (Å²) in [6.07, 6.45) is 11.2. The van der Waals surface area contributed by atoms with Crippen LogP contribution in [-0.4, -0.2) is 53.9 Å². The van der Waals surface area contributed by atoms with Crippen LogP contribution in [0, 0.1) is 5.92 Å². The van der Waals surface area contributed by atoms with Gasteiger partial charge in [0.05, 0.1) is 47.1 Å². The number of nitrogens with one attached hydrogen (secondary N) is 1. The number of hydrogen-bond acceptors (Lipinski definition) is 5. The number of nitrogens with zero attached hydrogens (tertiary/aromatic N) is 5. The number of piperidine rings is 1. The minimum absolute atomic E-state index is 0.345. The monoisotopic (exact) mass is 448 g/mol. The first-order valence-corrected chi connectivity index (χ1v) is 12.6. The zero-order valence-corrected chi connectivity index (χ0v) is 18.4. The topological polar surface area (TPSA) is 85.1 Å². The first-order valence-electron chi connectivity index (χ1n) is 10.3. The van der Waals surface area contributed by atoms with Crippen molar-refractivity contribution < 1.29 is 8.42 Å². The van der Waals surface area contributed by atoms with Gasteiger partial charge in [-0.1, -0.05) is 11.6 Å². The van der Waals surface area contributed by atoms with Gasteiger partial charge >= 0.3 is 0 Å². The van der Waals surface area contributed by atoms with E-state index < -0.39 is 10.0 Å². The molecule has 30 heavy (non-hydrogen) atoms. The summed E-state index contributed by atoms with van der Waals surface area (Å²) in [4.78, 5) is 2.28. The molecule has 1 aliphatic heterocycles. The van der Waals surface area contributed by atoms with Crippen LogP contribution in [0.15, 0.2) is 30.7 Å². The Bertz CT molecular complexity index is 1180. The molecule has 3 heterocycles. The van der Waals surface area contributed by atoms with Crippen molar-refractivity contribution in [1.82, 2.24) is 24.3 Å². The zero-order valence-electron chi connectivity index (χ0n) is 16.8. The Balaban J connectivity index is 1.36. The Morgan fingerprint density at radius 3 is 2.60 bits per heavy atom. The van der Waals surface area contributed by atoms with Gasteiger partial charge in [-0.25, -0.2) is 17.8 Å². The number of sulfonamides is 1. The van der Waals surface area contributed by atoms with Crippen molar-refractivity contribution in [3.63, 3.8) is 0 Å². The summed E-state index contributed by atoms with van der Waals surface area (Å²) in [5.74, 6) is 0.345. The quantitative estimate of drug-likeness (QED) is 0.626. The Hall–Kier alpha value is -2.10. The summed E-state index contributed by atoms with van der Waals surface area (Å²) in [5, 5.41) is 10.8. The molecule has 1 N–H and O–H groups in total. The smallest absolute Gasteiger partial charge is 0.208 e. The van der Waals surface area contributed by atoms with E-state index in [1.54, 1.807) is 0 Å². The fourth-order valence-corrected chi connectivity index (χ4v) is 4.94. The summed E-state index contributed by atoms with van der Waals surface area (Å²) in [6, 6.07) is 4.61. The van der Waals surface area contributed by atoms with Gasteiger partial charge in [-0.2, -0.15) is 10.2 Å². The predicted molar refractivity (Wildman–Crippen MR) is 118 cm³/mol. The molecule has 0 bridgehead atoms. The molecule has 8 nitrogen and oxygen atoms in total. The number of halogens is 1. The molecular weight excluding hydrogens is 424 g/mol. The van der Waals surface area contributed by atoms with Crippen molar-refractivity contribution in [1.29, 1.82) is 0 Å². The zero-order chi connectivity index (χ0) is 20.9. The Kier molecular flexibility index (Phi) is 4.99. The lowest BCUT2D eigenvalue weighted by atomic mass is 9.96. The number of hydrogen-bond donors (Lipinski definition) is 1. The van der Waals surface area contributed by atoms with Crippen LogP contribution in [0.1, 0.15) is 31.7 Å². The van der Waals surface area contributed by atoms with Gasteiger partial charge in [-0.15, -0.1) is 0 Å². The lowest BCUT2D eigenvalue weighted by Crippen LogP contribution is -2.38. The first kappa shape index (κ1) is 19.8. The van der Waals surface area contributed by atoms with Gasteiger partial charge in [-0.3, -0.25) is 4.68 Å². The number of benzene rings is 1. The number of fused-ring (bicyclic) bond motifs is 1. The van der Waals surface area contributed by atoms with E-state index in [1.165, 1.54) is 19.1 Å². The Labute approximate surface area is 180 Å². The number of rotatable bonds is 6. The minimum atomic E-state index is -3.15. The summed E-state index contributed by atoms with van der Waals surface area (Å²) in [6.45, 7) is 2.18. The Morgan fingerprint density at radius 1 is 1.13 bits per heavy atom. The van der Waals surface area contributed by atoms with Crippen molar-refractivity contribution >= 4 is 38.2 Å². The van der Waals surface area contributed by atoms with Crippen molar-refractivity contribution in [2.75, 3.05) is 30.8 Å². The largest absolute Gasteiger partial charge is 0.370 e. The van der Waals surface area contributed by atoms with Crippen LogP contribution in [0.2, 0.25) is 5.02 Å². The molecular formula is C20H25ClN6O2S.